The Morgan fingerprint density at radius 1 is 0.897 bits per heavy atom. The number of hydrogen-bond acceptors (Lipinski definition) is 11. The third-order valence-electron chi connectivity index (χ3n) is 9.82. The number of ether oxygens (including phenoxy) is 2. The van der Waals surface area contributed by atoms with Crippen molar-refractivity contribution in [3.63, 3.8) is 0 Å². The molecule has 2 aromatic heterocycles. The Morgan fingerprint density at radius 3 is 2.21 bits per heavy atom. The van der Waals surface area contributed by atoms with Gasteiger partial charge in [-0.05, 0) is 55.2 Å². The van der Waals surface area contributed by atoms with E-state index in [4.69, 9.17) is 13.9 Å². The summed E-state index contributed by atoms with van der Waals surface area (Å²) in [6.07, 6.45) is 0.0802. The fourth-order valence-corrected chi connectivity index (χ4v) is 6.42. The van der Waals surface area contributed by atoms with Crippen LogP contribution < -0.4 is 21.0 Å². The molecule has 5 aromatic rings. The molecule has 58 heavy (non-hydrogen) atoms. The number of carboxylic acid groups (broad SMARTS) is 1. The lowest BCUT2D eigenvalue weighted by molar-refractivity contribution is -0.117. The molecule has 0 aliphatic carbocycles. The van der Waals surface area contributed by atoms with E-state index in [9.17, 15) is 29.1 Å². The fraction of sp³-hybridized carbons (Fsp3) is 0.341. The van der Waals surface area contributed by atoms with Crippen LogP contribution in [0.15, 0.2) is 82.1 Å². The summed E-state index contributed by atoms with van der Waals surface area (Å²) >= 11 is 0. The van der Waals surface area contributed by atoms with Crippen LogP contribution in [0.4, 0.5) is 25.4 Å². The van der Waals surface area contributed by atoms with Gasteiger partial charge in [-0.3, -0.25) is 9.59 Å². The number of amides is 3. The number of alkyl carbamates (subject to hydrolysis) is 1. The molecular formula is C41H44FN7O9. The van der Waals surface area contributed by atoms with Gasteiger partial charge >= 0.3 is 18.2 Å². The monoisotopic (exact) mass is 797 g/mol. The van der Waals surface area contributed by atoms with Crippen molar-refractivity contribution in [1.82, 2.24) is 25.0 Å². The van der Waals surface area contributed by atoms with Crippen molar-refractivity contribution in [3.05, 3.63) is 117 Å². The molecule has 3 N–H and O–H groups in total. The molecule has 1 aliphatic rings. The molecule has 3 heterocycles. The molecule has 1 saturated heterocycles. The van der Waals surface area contributed by atoms with E-state index in [0.717, 1.165) is 11.6 Å². The van der Waals surface area contributed by atoms with Crippen molar-refractivity contribution in [2.75, 3.05) is 36.4 Å². The number of aromatic carboxylic acids is 1. The summed E-state index contributed by atoms with van der Waals surface area (Å²) in [6.45, 7) is 8.74. The van der Waals surface area contributed by atoms with Crippen LogP contribution in [-0.4, -0.2) is 75.0 Å². The number of carbonyl (C=O) groups excluding carboxylic acids is 3. The van der Waals surface area contributed by atoms with Gasteiger partial charge in [0.05, 0.1) is 11.2 Å². The van der Waals surface area contributed by atoms with E-state index < -0.39 is 52.8 Å². The minimum absolute atomic E-state index is 0.0149. The molecule has 0 spiro atoms. The molecule has 1 fully saturated rings. The van der Waals surface area contributed by atoms with Crippen LogP contribution in [0.5, 0.6) is 0 Å². The first-order valence-electron chi connectivity index (χ1n) is 18.8. The van der Waals surface area contributed by atoms with E-state index >= 15 is 4.39 Å². The summed E-state index contributed by atoms with van der Waals surface area (Å²) in [4.78, 5) is 66.1. The summed E-state index contributed by atoms with van der Waals surface area (Å²) in [5.41, 5.74) is 1.50. The number of aromatic nitrogens is 3. The molecule has 304 valence electrons. The van der Waals surface area contributed by atoms with E-state index in [-0.39, 0.29) is 55.1 Å². The minimum Gasteiger partial charge on any atom is -0.477 e. The van der Waals surface area contributed by atoms with Gasteiger partial charge in [0.2, 0.25) is 23.1 Å². The second-order valence-corrected chi connectivity index (χ2v) is 14.1. The van der Waals surface area contributed by atoms with Crippen LogP contribution in [0.1, 0.15) is 72.9 Å². The van der Waals surface area contributed by atoms with Crippen LogP contribution in [0.2, 0.25) is 0 Å². The van der Waals surface area contributed by atoms with Crippen molar-refractivity contribution in [2.45, 2.75) is 59.4 Å². The Balaban J connectivity index is 0.975. The molecule has 17 heteroatoms. The molecule has 6 rings (SSSR count). The molecule has 1 aliphatic heterocycles. The lowest BCUT2D eigenvalue weighted by Crippen LogP contribution is -2.49. The summed E-state index contributed by atoms with van der Waals surface area (Å²) in [5.74, 6) is -3.17. The van der Waals surface area contributed by atoms with Crippen LogP contribution in [0, 0.1) is 11.7 Å². The number of carboxylic acids is 1. The Morgan fingerprint density at radius 2 is 1.55 bits per heavy atom. The zero-order chi connectivity index (χ0) is 41.5. The Labute approximate surface area is 332 Å². The SMILES string of the molecule is CCn1cc(C(=O)O)c(=O)c2cc(F)c(N3CCN(C(=O)OCc4ccc(NC(=O)C(C)c5nnc([C@H](NC(=O)OCc6ccccc6)C(C)C)o5)cc4)CC3)cc21. The predicted molar refractivity (Wildman–Crippen MR) is 210 cm³/mol. The first-order chi connectivity index (χ1) is 27.8. The number of nitrogens with zero attached hydrogens (tertiary/aromatic N) is 5. The quantitative estimate of drug-likeness (QED) is 0.125. The first-order valence-corrected chi connectivity index (χ1v) is 18.8. The Hall–Kier alpha value is -6.78. The van der Waals surface area contributed by atoms with Gasteiger partial charge in [-0.15, -0.1) is 10.2 Å². The maximum atomic E-state index is 15.3. The zero-order valence-electron chi connectivity index (χ0n) is 32.4. The average Bonchev–Trinajstić information content (AvgIpc) is 3.71. The number of anilines is 2. The van der Waals surface area contributed by atoms with E-state index in [1.165, 1.54) is 11.1 Å². The van der Waals surface area contributed by atoms with Crippen molar-refractivity contribution in [3.8, 4) is 0 Å². The first kappa shape index (κ1) is 40.9. The molecule has 1 unspecified atom stereocenters. The van der Waals surface area contributed by atoms with Crippen LogP contribution in [0.25, 0.3) is 10.9 Å². The molecule has 2 atom stereocenters. The molecule has 3 aromatic carbocycles. The Kier molecular flexibility index (Phi) is 12.7. The van der Waals surface area contributed by atoms with Crippen LogP contribution in [-0.2, 0) is 34.0 Å². The maximum Gasteiger partial charge on any atom is 0.410 e. The van der Waals surface area contributed by atoms with Crippen LogP contribution >= 0.6 is 0 Å². The third-order valence-corrected chi connectivity index (χ3v) is 9.82. The van der Waals surface area contributed by atoms with Gasteiger partial charge in [0, 0.05) is 50.0 Å². The topological polar surface area (TPSA) is 198 Å². The smallest absolute Gasteiger partial charge is 0.410 e. The minimum atomic E-state index is -1.38. The molecule has 16 nitrogen and oxygen atoms in total. The summed E-state index contributed by atoms with van der Waals surface area (Å²) in [6, 6.07) is 18.0. The molecular weight excluding hydrogens is 753 g/mol. The van der Waals surface area contributed by atoms with Crippen molar-refractivity contribution in [2.24, 2.45) is 5.92 Å². The highest BCUT2D eigenvalue weighted by molar-refractivity contribution is 5.95. The van der Waals surface area contributed by atoms with E-state index in [2.05, 4.69) is 20.8 Å². The number of hydrogen-bond donors (Lipinski definition) is 3. The number of pyridine rings is 1. The number of fused-ring (bicyclic) bond motifs is 1. The lowest BCUT2D eigenvalue weighted by atomic mass is 10.1. The van der Waals surface area contributed by atoms with E-state index in [0.29, 0.717) is 36.4 Å². The molecule has 0 bridgehead atoms. The third kappa shape index (κ3) is 9.42. The summed E-state index contributed by atoms with van der Waals surface area (Å²) in [7, 11) is 0. The van der Waals surface area contributed by atoms with E-state index in [1.807, 2.05) is 44.2 Å². The molecule has 0 radical (unpaired) electrons. The van der Waals surface area contributed by atoms with Crippen molar-refractivity contribution in [1.29, 1.82) is 0 Å². The summed E-state index contributed by atoms with van der Waals surface area (Å²) in [5, 5.41) is 23.1. The van der Waals surface area contributed by atoms with Gasteiger partial charge < -0.3 is 44.0 Å². The predicted octanol–water partition coefficient (Wildman–Crippen LogP) is 6.07. The normalized spacial score (nSPS) is 13.9. The standard InChI is InChI=1S/C41H44FN7O9/c1-5-47-21-30(39(52)53)35(50)29-19-31(42)33(20-32(29)47)48-15-17-49(18-16-48)41(55)57-23-27-11-13-28(14-12-27)43-36(51)25(4)37-45-46-38(58-37)34(24(2)3)44-40(54)56-22-26-9-7-6-8-10-26/h6-14,19-21,24-25,34H,5,15-18,22-23H2,1-4H3,(H,43,51)(H,44,54)(H,52,53)/t25?,34-/m1/s1. The number of carbonyl (C=O) groups is 4. The highest BCUT2D eigenvalue weighted by atomic mass is 19.1. The second kappa shape index (κ2) is 18.0. The van der Waals surface area contributed by atoms with Gasteiger partial charge in [-0.1, -0.05) is 56.3 Å². The number of nitrogens with one attached hydrogen (secondary N) is 2. The van der Waals surface area contributed by atoms with Gasteiger partial charge in [-0.25, -0.2) is 18.8 Å². The van der Waals surface area contributed by atoms with Gasteiger partial charge in [0.1, 0.15) is 36.6 Å². The maximum absolute atomic E-state index is 15.3. The number of piperazine rings is 1. The van der Waals surface area contributed by atoms with Crippen molar-refractivity contribution < 1.29 is 42.6 Å². The number of rotatable bonds is 13. The van der Waals surface area contributed by atoms with Gasteiger partial charge in [0.25, 0.3) is 0 Å². The van der Waals surface area contributed by atoms with E-state index in [1.54, 1.807) is 53.6 Å². The number of benzene rings is 3. The second-order valence-electron chi connectivity index (χ2n) is 14.1. The largest absolute Gasteiger partial charge is 0.477 e. The highest BCUT2D eigenvalue weighted by Crippen LogP contribution is 2.28. The fourth-order valence-electron chi connectivity index (χ4n) is 6.42. The summed E-state index contributed by atoms with van der Waals surface area (Å²) < 4.78 is 33.6. The number of halogens is 1. The number of aryl methyl sites for hydroxylation is 1. The zero-order valence-corrected chi connectivity index (χ0v) is 32.4. The average molecular weight is 798 g/mol. The lowest BCUT2D eigenvalue weighted by Gasteiger charge is -2.35. The molecule has 0 saturated carbocycles. The molecule has 3 amide bonds. The van der Waals surface area contributed by atoms with Gasteiger partial charge in [-0.2, -0.15) is 0 Å². The van der Waals surface area contributed by atoms with Crippen LogP contribution in [0.3, 0.4) is 0 Å². The van der Waals surface area contributed by atoms with Crippen molar-refractivity contribution >= 4 is 46.3 Å². The highest BCUT2D eigenvalue weighted by Gasteiger charge is 2.29. The Bertz CT molecular complexity index is 2340. The van der Waals surface area contributed by atoms with Gasteiger partial charge in [0.15, 0.2) is 0 Å².